The van der Waals surface area contributed by atoms with Crippen molar-refractivity contribution >= 4 is 27.4 Å². The summed E-state index contributed by atoms with van der Waals surface area (Å²) in [6.07, 6.45) is 2.12. The molecule has 1 atom stereocenters. The van der Waals surface area contributed by atoms with Gasteiger partial charge in [-0.3, -0.25) is 9.52 Å². The number of rotatable bonds is 7. The van der Waals surface area contributed by atoms with Crippen molar-refractivity contribution < 1.29 is 19.4 Å². The third-order valence-corrected chi connectivity index (χ3v) is 6.86. The minimum Gasteiger partial charge on any atom is -0.368 e. The average molecular weight is 470 g/mol. The first-order valence-electron chi connectivity index (χ1n) is 10.5. The highest BCUT2D eigenvalue weighted by Gasteiger charge is 2.28. The van der Waals surface area contributed by atoms with Crippen molar-refractivity contribution in [2.75, 3.05) is 42.9 Å². The van der Waals surface area contributed by atoms with Crippen LogP contribution in [0.15, 0.2) is 78.1 Å². The first kappa shape index (κ1) is 22.7. The molecular formula is C23H27N5O4S. The van der Waals surface area contributed by atoms with Gasteiger partial charge in [-0.1, -0.05) is 30.3 Å². The largest absolute Gasteiger partial charge is 0.368 e. The maximum absolute atomic E-state index is 13.0. The summed E-state index contributed by atoms with van der Waals surface area (Å²) in [4.78, 5) is 24.7. The molecular weight excluding hydrogens is 442 g/mol. The maximum atomic E-state index is 13.0. The lowest BCUT2D eigenvalue weighted by molar-refractivity contribution is -0.142. The van der Waals surface area contributed by atoms with E-state index < -0.39 is 16.1 Å². The molecule has 1 N–H and O–H groups in total. The number of carbonyl (C=O) groups is 1. The van der Waals surface area contributed by atoms with Crippen LogP contribution in [-0.2, 0) is 19.6 Å². The quantitative estimate of drug-likeness (QED) is 0.567. The number of carbonyl (C=O) groups excluding carboxylic acids is 1. The van der Waals surface area contributed by atoms with Gasteiger partial charge in [0.05, 0.1) is 4.90 Å². The van der Waals surface area contributed by atoms with Crippen molar-refractivity contribution in [2.45, 2.75) is 11.0 Å². The van der Waals surface area contributed by atoms with Gasteiger partial charge in [-0.25, -0.2) is 18.4 Å². The van der Waals surface area contributed by atoms with Gasteiger partial charge in [-0.2, -0.15) is 0 Å². The Morgan fingerprint density at radius 3 is 2.33 bits per heavy atom. The molecule has 33 heavy (non-hydrogen) atoms. The van der Waals surface area contributed by atoms with Gasteiger partial charge in [0.2, 0.25) is 0 Å². The van der Waals surface area contributed by atoms with E-state index in [-0.39, 0.29) is 18.0 Å². The Kier molecular flexibility index (Phi) is 6.85. The van der Waals surface area contributed by atoms with Gasteiger partial charge in [-0.05, 0) is 35.9 Å². The first-order chi connectivity index (χ1) is 16.0. The molecule has 2 aromatic carbocycles. The number of hydrogen-bond donors (Lipinski definition) is 1. The van der Waals surface area contributed by atoms with Crippen molar-refractivity contribution in [3.05, 3.63) is 78.8 Å². The summed E-state index contributed by atoms with van der Waals surface area (Å²) in [5, 5.41) is 0. The molecule has 0 spiro atoms. The molecule has 0 bridgehead atoms. The zero-order valence-electron chi connectivity index (χ0n) is 18.2. The van der Waals surface area contributed by atoms with Gasteiger partial charge >= 0.3 is 0 Å². The van der Waals surface area contributed by atoms with Gasteiger partial charge in [0.25, 0.3) is 15.9 Å². The normalized spacial score (nSPS) is 15.2. The summed E-state index contributed by atoms with van der Waals surface area (Å²) in [5.74, 6) is 0.153. The molecule has 4 rings (SSSR count). The van der Waals surface area contributed by atoms with Gasteiger partial charge < -0.3 is 14.5 Å². The van der Waals surface area contributed by atoms with E-state index in [1.807, 2.05) is 35.2 Å². The summed E-state index contributed by atoms with van der Waals surface area (Å²) < 4.78 is 33.1. The summed E-state index contributed by atoms with van der Waals surface area (Å²) in [7, 11) is -2.20. The van der Waals surface area contributed by atoms with Crippen LogP contribution in [0.1, 0.15) is 13.1 Å². The number of amides is 1. The predicted molar refractivity (Wildman–Crippen MR) is 126 cm³/mol. The Morgan fingerprint density at radius 1 is 1.03 bits per heavy atom. The number of anilines is 2. The van der Waals surface area contributed by atoms with Crippen molar-refractivity contribution in [3.63, 3.8) is 0 Å². The number of methoxy groups -OCH3 is 1. The molecule has 2 heterocycles. The van der Waals surface area contributed by atoms with E-state index in [9.17, 15) is 13.2 Å². The number of ether oxygens (including phenoxy) is 1. The Balaban J connectivity index is 0.00000324. The van der Waals surface area contributed by atoms with Crippen LogP contribution in [0, 0.1) is 0 Å². The van der Waals surface area contributed by atoms with E-state index in [4.69, 9.17) is 4.74 Å². The van der Waals surface area contributed by atoms with Crippen LogP contribution in [-0.4, -0.2) is 62.5 Å². The van der Waals surface area contributed by atoms with Crippen LogP contribution in [0.3, 0.4) is 0 Å². The molecule has 1 saturated heterocycles. The fourth-order valence-electron chi connectivity index (χ4n) is 3.74. The van der Waals surface area contributed by atoms with Crippen LogP contribution < -0.4 is 9.62 Å². The summed E-state index contributed by atoms with van der Waals surface area (Å²) in [6.45, 7) is 2.40. The molecule has 174 valence electrons. The molecule has 0 radical (unpaired) electrons. The standard InChI is InChI=1S/C23H25N5O4S.H2/c1-32-22(18-5-3-2-4-6-18)23(29)28-15-13-27(14-16-28)19-7-9-20(10-8-19)33(30,31)26-21-11-12-24-17-25-21;/h2-12,17,22H,13-16H2,1H3,(H,24,25,26);1H/t22-;/m1./s1. The minimum absolute atomic E-state index is 0. The van der Waals surface area contributed by atoms with E-state index >= 15 is 0 Å². The molecule has 0 saturated carbocycles. The smallest absolute Gasteiger partial charge is 0.263 e. The van der Waals surface area contributed by atoms with Gasteiger partial charge in [0.1, 0.15) is 12.1 Å². The Morgan fingerprint density at radius 2 is 1.73 bits per heavy atom. The molecule has 10 heteroatoms. The van der Waals surface area contributed by atoms with Crippen molar-refractivity contribution in [2.24, 2.45) is 0 Å². The molecule has 0 aliphatic carbocycles. The second-order valence-electron chi connectivity index (χ2n) is 7.53. The maximum Gasteiger partial charge on any atom is 0.263 e. The predicted octanol–water partition coefficient (Wildman–Crippen LogP) is 2.56. The molecule has 9 nitrogen and oxygen atoms in total. The second kappa shape index (κ2) is 9.97. The van der Waals surface area contributed by atoms with E-state index in [0.717, 1.165) is 11.3 Å². The Bertz CT molecular complexity index is 1170. The van der Waals surface area contributed by atoms with Crippen LogP contribution in [0.5, 0.6) is 0 Å². The lowest BCUT2D eigenvalue weighted by atomic mass is 10.1. The highest BCUT2D eigenvalue weighted by molar-refractivity contribution is 7.92. The van der Waals surface area contributed by atoms with Crippen molar-refractivity contribution in [1.29, 1.82) is 0 Å². The van der Waals surface area contributed by atoms with E-state index in [1.165, 1.54) is 18.6 Å². The Labute approximate surface area is 194 Å². The number of hydrogen-bond acceptors (Lipinski definition) is 7. The molecule has 1 aromatic heterocycles. The average Bonchev–Trinajstić information content (AvgIpc) is 2.86. The van der Waals surface area contributed by atoms with Gasteiger partial charge in [0.15, 0.2) is 6.10 Å². The second-order valence-corrected chi connectivity index (χ2v) is 9.22. The minimum atomic E-state index is -3.75. The van der Waals surface area contributed by atoms with Crippen LogP contribution >= 0.6 is 0 Å². The van der Waals surface area contributed by atoms with Crippen LogP contribution in [0.25, 0.3) is 0 Å². The molecule has 3 aromatic rings. The van der Waals surface area contributed by atoms with Crippen molar-refractivity contribution in [1.82, 2.24) is 14.9 Å². The lowest BCUT2D eigenvalue weighted by Crippen LogP contribution is -2.50. The number of sulfonamides is 1. The number of piperazine rings is 1. The monoisotopic (exact) mass is 469 g/mol. The highest BCUT2D eigenvalue weighted by Crippen LogP contribution is 2.23. The molecule has 1 amide bonds. The SMILES string of the molecule is CO[C@@H](C(=O)N1CCN(c2ccc(S(=O)(=O)Nc3ccncn3)cc2)CC1)c1ccccc1.[HH]. The van der Waals surface area contributed by atoms with Gasteiger partial charge in [-0.15, -0.1) is 0 Å². The molecule has 0 unspecified atom stereocenters. The van der Waals surface area contributed by atoms with E-state index in [0.29, 0.717) is 26.2 Å². The van der Waals surface area contributed by atoms with E-state index in [2.05, 4.69) is 19.6 Å². The van der Waals surface area contributed by atoms with Crippen LogP contribution in [0.4, 0.5) is 11.5 Å². The molecule has 1 fully saturated rings. The summed E-state index contributed by atoms with van der Waals surface area (Å²) >= 11 is 0. The van der Waals surface area contributed by atoms with E-state index in [1.54, 1.807) is 31.4 Å². The third-order valence-electron chi connectivity index (χ3n) is 5.49. The number of nitrogens with zero attached hydrogens (tertiary/aromatic N) is 4. The number of nitrogens with one attached hydrogen (secondary N) is 1. The number of aromatic nitrogens is 2. The Hall–Kier alpha value is -3.50. The first-order valence-corrected chi connectivity index (χ1v) is 12.0. The van der Waals surface area contributed by atoms with Crippen molar-refractivity contribution in [3.8, 4) is 0 Å². The number of benzene rings is 2. The zero-order chi connectivity index (χ0) is 23.3. The summed E-state index contributed by atoms with van der Waals surface area (Å²) in [5.41, 5.74) is 1.73. The molecule has 1 aliphatic heterocycles. The zero-order valence-corrected chi connectivity index (χ0v) is 19.0. The molecule has 1 aliphatic rings. The topological polar surface area (TPSA) is 105 Å². The summed E-state index contributed by atoms with van der Waals surface area (Å²) in [6, 6.07) is 17.6. The third kappa shape index (κ3) is 5.29. The highest BCUT2D eigenvalue weighted by atomic mass is 32.2. The van der Waals surface area contributed by atoms with Gasteiger partial charge in [0, 0.05) is 46.6 Å². The fourth-order valence-corrected chi connectivity index (χ4v) is 4.75. The lowest BCUT2D eigenvalue weighted by Gasteiger charge is -2.37. The van der Waals surface area contributed by atoms with Crippen LogP contribution in [0.2, 0.25) is 0 Å². The fraction of sp³-hybridized carbons (Fsp3) is 0.261.